The van der Waals surface area contributed by atoms with Gasteiger partial charge in [0, 0.05) is 32.2 Å². The van der Waals surface area contributed by atoms with Gasteiger partial charge in [0.2, 0.25) is 5.91 Å². The molecule has 2 atom stereocenters. The van der Waals surface area contributed by atoms with Crippen LogP contribution >= 0.6 is 0 Å². The summed E-state index contributed by atoms with van der Waals surface area (Å²) in [7, 11) is 0. The summed E-state index contributed by atoms with van der Waals surface area (Å²) in [6.45, 7) is 6.81. The van der Waals surface area contributed by atoms with Crippen molar-refractivity contribution in [1.29, 1.82) is 0 Å². The molecule has 2 N–H and O–H groups in total. The Bertz CT molecular complexity index is 226. The van der Waals surface area contributed by atoms with E-state index in [1.54, 1.807) is 0 Å². The third-order valence-corrected chi connectivity index (χ3v) is 3.43. The van der Waals surface area contributed by atoms with Crippen LogP contribution in [0.15, 0.2) is 0 Å². The molecule has 0 spiro atoms. The van der Waals surface area contributed by atoms with E-state index >= 15 is 0 Å². The fraction of sp³-hybridized carbons (Fsp3) is 0.909. The average molecular weight is 211 g/mol. The Balaban J connectivity index is 1.92. The Hall–Kier alpha value is -0.610. The maximum absolute atomic E-state index is 12.2. The Morgan fingerprint density at radius 1 is 1.27 bits per heavy atom. The molecule has 4 heteroatoms. The quantitative estimate of drug-likeness (QED) is 0.632. The van der Waals surface area contributed by atoms with Gasteiger partial charge in [-0.2, -0.15) is 0 Å². The molecule has 0 aromatic rings. The molecule has 0 aromatic carbocycles. The summed E-state index contributed by atoms with van der Waals surface area (Å²) in [4.78, 5) is 14.3. The molecule has 1 amide bonds. The van der Waals surface area contributed by atoms with Gasteiger partial charge >= 0.3 is 0 Å². The highest BCUT2D eigenvalue weighted by molar-refractivity contribution is 5.79. The topological polar surface area (TPSA) is 44.4 Å². The highest BCUT2D eigenvalue weighted by Crippen LogP contribution is 2.15. The van der Waals surface area contributed by atoms with Gasteiger partial charge in [0.15, 0.2) is 0 Å². The van der Waals surface area contributed by atoms with Crippen molar-refractivity contribution in [2.24, 2.45) is 5.92 Å². The molecule has 0 bridgehead atoms. The van der Waals surface area contributed by atoms with Crippen molar-refractivity contribution in [3.63, 3.8) is 0 Å². The van der Waals surface area contributed by atoms with Crippen LogP contribution in [0.25, 0.3) is 0 Å². The number of carbonyl (C=O) groups excluding carboxylic acids is 1. The predicted octanol–water partition coefficient (Wildman–Crippen LogP) is -0.194. The molecule has 0 radical (unpaired) electrons. The molecule has 2 unspecified atom stereocenters. The summed E-state index contributed by atoms with van der Waals surface area (Å²) in [5.41, 5.74) is 0. The van der Waals surface area contributed by atoms with Gasteiger partial charge in [0.05, 0.1) is 5.92 Å². The molecule has 2 aliphatic rings. The summed E-state index contributed by atoms with van der Waals surface area (Å²) >= 11 is 0. The van der Waals surface area contributed by atoms with Gasteiger partial charge in [-0.15, -0.1) is 0 Å². The van der Waals surface area contributed by atoms with Gasteiger partial charge in [0.1, 0.15) is 0 Å². The second-order valence-corrected chi connectivity index (χ2v) is 4.63. The van der Waals surface area contributed by atoms with Gasteiger partial charge in [-0.3, -0.25) is 4.79 Å². The zero-order valence-corrected chi connectivity index (χ0v) is 9.46. The number of piperazine rings is 1. The van der Waals surface area contributed by atoms with E-state index in [0.29, 0.717) is 11.9 Å². The fourth-order valence-electron chi connectivity index (χ4n) is 2.47. The number of hydrogen-bond acceptors (Lipinski definition) is 3. The van der Waals surface area contributed by atoms with E-state index in [2.05, 4.69) is 17.6 Å². The number of piperidine rings is 1. The van der Waals surface area contributed by atoms with Crippen molar-refractivity contribution in [3.8, 4) is 0 Å². The number of rotatable bonds is 1. The Labute approximate surface area is 91.4 Å². The van der Waals surface area contributed by atoms with E-state index in [1.807, 2.05) is 4.90 Å². The highest BCUT2D eigenvalue weighted by Gasteiger charge is 2.29. The third-order valence-electron chi connectivity index (χ3n) is 3.43. The fourth-order valence-corrected chi connectivity index (χ4v) is 2.47. The lowest BCUT2D eigenvalue weighted by molar-refractivity contribution is -0.138. The SMILES string of the molecule is CC1CNCCN1C(=O)C1CCCNC1. The monoisotopic (exact) mass is 211 g/mol. The summed E-state index contributed by atoms with van der Waals surface area (Å²) < 4.78 is 0. The first kappa shape index (κ1) is 10.9. The van der Waals surface area contributed by atoms with Gasteiger partial charge in [-0.05, 0) is 26.3 Å². The van der Waals surface area contributed by atoms with Crippen LogP contribution in [0.2, 0.25) is 0 Å². The van der Waals surface area contributed by atoms with Gasteiger partial charge in [-0.1, -0.05) is 0 Å². The van der Waals surface area contributed by atoms with E-state index in [0.717, 1.165) is 45.6 Å². The van der Waals surface area contributed by atoms with Crippen LogP contribution in [-0.4, -0.2) is 49.6 Å². The van der Waals surface area contributed by atoms with Crippen molar-refractivity contribution in [2.45, 2.75) is 25.8 Å². The molecule has 2 saturated heterocycles. The lowest BCUT2D eigenvalue weighted by Crippen LogP contribution is -2.55. The van der Waals surface area contributed by atoms with E-state index in [1.165, 1.54) is 0 Å². The Morgan fingerprint density at radius 2 is 2.07 bits per heavy atom. The van der Waals surface area contributed by atoms with Crippen molar-refractivity contribution >= 4 is 5.91 Å². The number of hydrogen-bond donors (Lipinski definition) is 2. The minimum absolute atomic E-state index is 0.222. The average Bonchev–Trinajstić information content (AvgIpc) is 2.30. The molecule has 4 nitrogen and oxygen atoms in total. The maximum Gasteiger partial charge on any atom is 0.227 e. The van der Waals surface area contributed by atoms with Crippen LogP contribution in [0.4, 0.5) is 0 Å². The number of nitrogens with zero attached hydrogens (tertiary/aromatic N) is 1. The van der Waals surface area contributed by atoms with Crippen LogP contribution in [-0.2, 0) is 4.79 Å². The van der Waals surface area contributed by atoms with Crippen molar-refractivity contribution < 1.29 is 4.79 Å². The van der Waals surface area contributed by atoms with Gasteiger partial charge in [-0.25, -0.2) is 0 Å². The minimum atomic E-state index is 0.222. The predicted molar refractivity (Wildman–Crippen MR) is 59.6 cm³/mol. The van der Waals surface area contributed by atoms with E-state index in [4.69, 9.17) is 0 Å². The number of nitrogens with one attached hydrogen (secondary N) is 2. The smallest absolute Gasteiger partial charge is 0.227 e. The first-order valence-electron chi connectivity index (χ1n) is 6.01. The first-order chi connectivity index (χ1) is 7.29. The van der Waals surface area contributed by atoms with Gasteiger partial charge < -0.3 is 15.5 Å². The van der Waals surface area contributed by atoms with Crippen LogP contribution in [0, 0.1) is 5.92 Å². The molecule has 86 valence electrons. The summed E-state index contributed by atoms with van der Waals surface area (Å²) in [5.74, 6) is 0.579. The van der Waals surface area contributed by atoms with Crippen molar-refractivity contribution in [2.75, 3.05) is 32.7 Å². The first-order valence-corrected chi connectivity index (χ1v) is 6.01. The molecule has 2 fully saturated rings. The lowest BCUT2D eigenvalue weighted by Gasteiger charge is -2.37. The molecule has 0 aromatic heterocycles. The number of amides is 1. The van der Waals surface area contributed by atoms with Crippen LogP contribution < -0.4 is 10.6 Å². The minimum Gasteiger partial charge on any atom is -0.337 e. The summed E-state index contributed by atoms with van der Waals surface area (Å²) in [6, 6.07) is 0.355. The zero-order valence-electron chi connectivity index (χ0n) is 9.46. The molecule has 2 heterocycles. The normalized spacial score (nSPS) is 32.7. The lowest BCUT2D eigenvalue weighted by atomic mass is 9.97. The van der Waals surface area contributed by atoms with Crippen LogP contribution in [0.3, 0.4) is 0 Å². The Kier molecular flexibility index (Phi) is 3.59. The molecule has 15 heavy (non-hydrogen) atoms. The van der Waals surface area contributed by atoms with E-state index < -0.39 is 0 Å². The molecule has 2 rings (SSSR count). The molecule has 0 aliphatic carbocycles. The second kappa shape index (κ2) is 4.94. The molecular weight excluding hydrogens is 190 g/mol. The van der Waals surface area contributed by atoms with Crippen molar-refractivity contribution in [3.05, 3.63) is 0 Å². The molecule has 2 aliphatic heterocycles. The highest BCUT2D eigenvalue weighted by atomic mass is 16.2. The van der Waals surface area contributed by atoms with E-state index in [-0.39, 0.29) is 5.92 Å². The van der Waals surface area contributed by atoms with Crippen molar-refractivity contribution in [1.82, 2.24) is 15.5 Å². The molecule has 0 saturated carbocycles. The van der Waals surface area contributed by atoms with Crippen LogP contribution in [0.1, 0.15) is 19.8 Å². The summed E-state index contributed by atoms with van der Waals surface area (Å²) in [6.07, 6.45) is 2.19. The van der Waals surface area contributed by atoms with Gasteiger partial charge in [0.25, 0.3) is 0 Å². The van der Waals surface area contributed by atoms with E-state index in [9.17, 15) is 4.79 Å². The molecular formula is C11H21N3O. The zero-order chi connectivity index (χ0) is 10.7. The Morgan fingerprint density at radius 3 is 2.73 bits per heavy atom. The maximum atomic E-state index is 12.2. The standard InChI is InChI=1S/C11H21N3O/c1-9-7-13-5-6-14(9)11(15)10-3-2-4-12-8-10/h9-10,12-13H,2-8H2,1H3. The van der Waals surface area contributed by atoms with Crippen LogP contribution in [0.5, 0.6) is 0 Å². The third kappa shape index (κ3) is 2.49. The largest absolute Gasteiger partial charge is 0.337 e. The second-order valence-electron chi connectivity index (χ2n) is 4.63. The summed E-state index contributed by atoms with van der Waals surface area (Å²) in [5, 5.41) is 6.62. The number of carbonyl (C=O) groups is 1.